The van der Waals surface area contributed by atoms with Crippen LogP contribution in [0.5, 0.6) is 0 Å². The molecule has 6 nitrogen and oxygen atoms in total. The number of allylic oxidation sites excluding steroid dienone is 4. The van der Waals surface area contributed by atoms with Crippen molar-refractivity contribution in [2.45, 2.75) is 84.2 Å². The maximum atomic E-state index is 12.5. The molecule has 6 heteroatoms. The first-order chi connectivity index (χ1) is 14.3. The van der Waals surface area contributed by atoms with E-state index in [0.717, 1.165) is 18.4 Å². The number of ketones is 1. The number of hydrogen-bond donors (Lipinski definition) is 2. The standard InChI is InChI=1S/C25H36O6/c1-17(2)15-22(28)30-21-10-13-24(5,12-9-20-23(3,4)31-20)11-7-18(16-26)19(27)8-14-25(21,6)29/h7-8,10,13-15,20-21,26,29H,9,11-12,16H2,1-6H3/b13-10+,14-8+,18-7-. The number of carbonyl (C=O) groups is 2. The fourth-order valence-electron chi connectivity index (χ4n) is 3.57. The van der Waals surface area contributed by atoms with Gasteiger partial charge in [0.25, 0.3) is 0 Å². The number of hydrogen-bond acceptors (Lipinski definition) is 6. The van der Waals surface area contributed by atoms with Crippen LogP contribution < -0.4 is 0 Å². The van der Waals surface area contributed by atoms with E-state index < -0.39 is 17.7 Å². The van der Waals surface area contributed by atoms with Gasteiger partial charge in [-0.2, -0.15) is 0 Å². The van der Waals surface area contributed by atoms with Gasteiger partial charge >= 0.3 is 5.97 Å². The summed E-state index contributed by atoms with van der Waals surface area (Å²) in [5, 5.41) is 20.6. The molecule has 1 fully saturated rings. The molecular formula is C25H36O6. The van der Waals surface area contributed by atoms with Gasteiger partial charge in [-0.25, -0.2) is 4.79 Å². The summed E-state index contributed by atoms with van der Waals surface area (Å²) in [7, 11) is 0. The first-order valence-electron chi connectivity index (χ1n) is 10.8. The lowest BCUT2D eigenvalue weighted by atomic mass is 9.79. The van der Waals surface area contributed by atoms with Gasteiger partial charge in [0.1, 0.15) is 5.60 Å². The van der Waals surface area contributed by atoms with Crippen LogP contribution in [0.25, 0.3) is 0 Å². The summed E-state index contributed by atoms with van der Waals surface area (Å²) in [6.45, 7) is 10.8. The third-order valence-electron chi connectivity index (χ3n) is 5.91. The molecule has 172 valence electrons. The second-order valence-electron chi connectivity index (χ2n) is 9.86. The maximum Gasteiger partial charge on any atom is 0.331 e. The van der Waals surface area contributed by atoms with Crippen LogP contribution in [0, 0.1) is 5.41 Å². The fourth-order valence-corrected chi connectivity index (χ4v) is 3.57. The van der Waals surface area contributed by atoms with Crippen LogP contribution in [0.4, 0.5) is 0 Å². The quantitative estimate of drug-likeness (QED) is 0.288. The third-order valence-corrected chi connectivity index (χ3v) is 5.91. The van der Waals surface area contributed by atoms with Crippen LogP contribution in [-0.2, 0) is 19.1 Å². The number of ether oxygens (including phenoxy) is 2. The highest BCUT2D eigenvalue weighted by Gasteiger charge is 2.47. The minimum absolute atomic E-state index is 0.119. The third kappa shape index (κ3) is 7.27. The molecule has 31 heavy (non-hydrogen) atoms. The Bertz CT molecular complexity index is 810. The van der Waals surface area contributed by atoms with Gasteiger partial charge in [-0.15, -0.1) is 0 Å². The minimum atomic E-state index is -1.61. The van der Waals surface area contributed by atoms with E-state index in [2.05, 4.69) is 13.8 Å². The molecule has 0 aromatic heterocycles. The van der Waals surface area contributed by atoms with Crippen molar-refractivity contribution in [3.63, 3.8) is 0 Å². The average molecular weight is 433 g/mol. The molecule has 1 aliphatic heterocycles. The van der Waals surface area contributed by atoms with Crippen LogP contribution in [-0.4, -0.2) is 52.0 Å². The molecular weight excluding hydrogens is 396 g/mol. The number of carbonyl (C=O) groups excluding carboxylic acids is 2. The Balaban J connectivity index is 2.37. The highest BCUT2D eigenvalue weighted by molar-refractivity contribution is 6.04. The van der Waals surface area contributed by atoms with E-state index in [1.165, 1.54) is 25.2 Å². The van der Waals surface area contributed by atoms with Gasteiger partial charge in [0.05, 0.1) is 18.3 Å². The maximum absolute atomic E-state index is 12.5. The van der Waals surface area contributed by atoms with Gasteiger partial charge in [-0.05, 0) is 77.5 Å². The summed E-state index contributed by atoms with van der Waals surface area (Å²) in [6.07, 6.45) is 10.6. The van der Waals surface area contributed by atoms with E-state index in [1.54, 1.807) is 26.0 Å². The summed E-state index contributed by atoms with van der Waals surface area (Å²) < 4.78 is 11.2. The predicted molar refractivity (Wildman–Crippen MR) is 119 cm³/mol. The highest BCUT2D eigenvalue weighted by atomic mass is 16.6. The number of aliphatic hydroxyl groups is 2. The van der Waals surface area contributed by atoms with E-state index in [0.29, 0.717) is 6.42 Å². The summed E-state index contributed by atoms with van der Waals surface area (Å²) in [6, 6.07) is 0. The molecule has 2 rings (SSSR count). The Labute approximate surface area is 185 Å². The molecule has 0 bridgehead atoms. The van der Waals surface area contributed by atoms with Crippen molar-refractivity contribution in [2.24, 2.45) is 5.41 Å². The molecule has 0 aromatic carbocycles. The average Bonchev–Trinajstić information content (AvgIpc) is 3.28. The lowest BCUT2D eigenvalue weighted by Gasteiger charge is -2.30. The Morgan fingerprint density at radius 1 is 1.26 bits per heavy atom. The van der Waals surface area contributed by atoms with Gasteiger partial charge in [0, 0.05) is 11.6 Å². The normalized spacial score (nSPS) is 36.4. The van der Waals surface area contributed by atoms with Gasteiger partial charge in [-0.3, -0.25) is 4.79 Å². The number of esters is 1. The molecule has 0 radical (unpaired) electrons. The number of epoxide rings is 1. The van der Waals surface area contributed by atoms with Crippen molar-refractivity contribution in [2.75, 3.05) is 6.61 Å². The minimum Gasteiger partial charge on any atom is -0.452 e. The first-order valence-corrected chi connectivity index (χ1v) is 10.8. The Morgan fingerprint density at radius 2 is 1.90 bits per heavy atom. The van der Waals surface area contributed by atoms with Crippen LogP contribution in [0.15, 0.2) is 47.6 Å². The van der Waals surface area contributed by atoms with E-state index >= 15 is 0 Å². The fraction of sp³-hybridized carbons (Fsp3) is 0.600. The number of rotatable bonds is 6. The van der Waals surface area contributed by atoms with E-state index in [4.69, 9.17) is 9.47 Å². The molecule has 2 N–H and O–H groups in total. The highest BCUT2D eigenvalue weighted by Crippen LogP contribution is 2.42. The molecule has 0 aromatic rings. The van der Waals surface area contributed by atoms with Gasteiger partial charge < -0.3 is 19.7 Å². The van der Waals surface area contributed by atoms with Crippen molar-refractivity contribution in [1.82, 2.24) is 0 Å². The lowest BCUT2D eigenvalue weighted by molar-refractivity contribution is -0.148. The molecule has 4 atom stereocenters. The van der Waals surface area contributed by atoms with Crippen molar-refractivity contribution in [1.29, 1.82) is 0 Å². The van der Waals surface area contributed by atoms with E-state index in [1.807, 2.05) is 13.0 Å². The largest absolute Gasteiger partial charge is 0.452 e. The molecule has 1 aliphatic carbocycles. The summed E-state index contributed by atoms with van der Waals surface area (Å²) in [4.78, 5) is 24.8. The van der Waals surface area contributed by atoms with Gasteiger partial charge in [-0.1, -0.05) is 24.6 Å². The summed E-state index contributed by atoms with van der Waals surface area (Å²) >= 11 is 0. The smallest absolute Gasteiger partial charge is 0.331 e. The topological polar surface area (TPSA) is 96.4 Å². The summed E-state index contributed by atoms with van der Waals surface area (Å²) in [5.41, 5.74) is -1.06. The summed E-state index contributed by atoms with van der Waals surface area (Å²) in [5.74, 6) is -0.943. The molecule has 1 heterocycles. The zero-order valence-corrected chi connectivity index (χ0v) is 19.5. The van der Waals surface area contributed by atoms with Gasteiger partial charge in [0.15, 0.2) is 11.9 Å². The Hall–Kier alpha value is -2.02. The van der Waals surface area contributed by atoms with Crippen LogP contribution in [0.3, 0.4) is 0 Å². The second kappa shape index (κ2) is 9.63. The van der Waals surface area contributed by atoms with E-state index in [9.17, 15) is 19.8 Å². The van der Waals surface area contributed by atoms with Crippen molar-refractivity contribution in [3.8, 4) is 0 Å². The van der Waals surface area contributed by atoms with E-state index in [-0.39, 0.29) is 35.1 Å². The second-order valence-corrected chi connectivity index (χ2v) is 9.86. The van der Waals surface area contributed by atoms with Crippen molar-refractivity contribution >= 4 is 11.8 Å². The molecule has 2 aliphatic rings. The molecule has 0 amide bonds. The van der Waals surface area contributed by atoms with Crippen LogP contribution >= 0.6 is 0 Å². The zero-order chi connectivity index (χ0) is 23.4. The number of aliphatic hydroxyl groups excluding tert-OH is 1. The molecule has 4 unspecified atom stereocenters. The monoisotopic (exact) mass is 432 g/mol. The van der Waals surface area contributed by atoms with Crippen LogP contribution in [0.1, 0.15) is 60.8 Å². The molecule has 0 saturated carbocycles. The van der Waals surface area contributed by atoms with Gasteiger partial charge in [0.2, 0.25) is 0 Å². The SMILES string of the molecule is CC(C)=CC(=O)OC1/C=C/C(C)(CCC2OC2(C)C)C/C=C(/CO)C(=O)/C=C/C1(C)O. The molecule has 0 spiro atoms. The lowest BCUT2D eigenvalue weighted by Crippen LogP contribution is -2.39. The van der Waals surface area contributed by atoms with Crippen LogP contribution in [0.2, 0.25) is 0 Å². The zero-order valence-electron chi connectivity index (χ0n) is 19.5. The predicted octanol–water partition coefficient (Wildman–Crippen LogP) is 3.58. The first kappa shape index (κ1) is 25.2. The van der Waals surface area contributed by atoms with Crippen molar-refractivity contribution < 1.29 is 29.3 Å². The van der Waals surface area contributed by atoms with Crippen molar-refractivity contribution in [3.05, 3.63) is 47.6 Å². The molecule has 1 saturated heterocycles. The Kier molecular flexibility index (Phi) is 7.84. The Morgan fingerprint density at radius 3 is 2.45 bits per heavy atom.